The van der Waals surface area contributed by atoms with Crippen LogP contribution in [0.5, 0.6) is 5.75 Å². The summed E-state index contributed by atoms with van der Waals surface area (Å²) in [6, 6.07) is 16.8. The van der Waals surface area contributed by atoms with E-state index in [1.807, 2.05) is 42.6 Å². The first-order valence-corrected chi connectivity index (χ1v) is 5.60. The van der Waals surface area contributed by atoms with Crippen LogP contribution in [0.25, 0.3) is 16.9 Å². The Balaban J connectivity index is 2.00. The number of phenols is 1. The monoisotopic (exact) mass is 237 g/mol. The highest BCUT2D eigenvalue weighted by Crippen LogP contribution is 2.18. The topological polar surface area (TPSA) is 50.9 Å². The molecule has 2 aromatic carbocycles. The summed E-state index contributed by atoms with van der Waals surface area (Å²) in [6.45, 7) is 0. The standard InChI is InChI=1S/C14H11N3O/c18-13-8-4-7-12(9-13)17-10-14(15-16-17)11-5-2-1-3-6-11/h1-10,18H. The van der Waals surface area contributed by atoms with Gasteiger partial charge in [0.2, 0.25) is 0 Å². The molecule has 0 atom stereocenters. The maximum absolute atomic E-state index is 9.44. The molecule has 0 amide bonds. The van der Waals surface area contributed by atoms with E-state index in [0.29, 0.717) is 0 Å². The third-order valence-corrected chi connectivity index (χ3v) is 2.66. The zero-order valence-corrected chi connectivity index (χ0v) is 9.56. The molecule has 1 N–H and O–H groups in total. The molecule has 4 heteroatoms. The van der Waals surface area contributed by atoms with Crippen LogP contribution in [0.3, 0.4) is 0 Å². The second-order valence-corrected chi connectivity index (χ2v) is 3.93. The Bertz CT molecular complexity index is 662. The quantitative estimate of drug-likeness (QED) is 0.745. The second-order valence-electron chi connectivity index (χ2n) is 3.93. The van der Waals surface area contributed by atoms with Gasteiger partial charge < -0.3 is 5.11 Å². The summed E-state index contributed by atoms with van der Waals surface area (Å²) in [6.07, 6.45) is 1.84. The van der Waals surface area contributed by atoms with E-state index in [0.717, 1.165) is 16.9 Å². The molecule has 0 fully saturated rings. The van der Waals surface area contributed by atoms with Gasteiger partial charge in [-0.1, -0.05) is 41.6 Å². The van der Waals surface area contributed by atoms with Crippen LogP contribution in [0, 0.1) is 0 Å². The number of aromatic nitrogens is 3. The molecule has 4 nitrogen and oxygen atoms in total. The van der Waals surface area contributed by atoms with Crippen molar-refractivity contribution in [3.8, 4) is 22.7 Å². The fourth-order valence-corrected chi connectivity index (χ4v) is 1.77. The molecular weight excluding hydrogens is 226 g/mol. The SMILES string of the molecule is Oc1cccc(-n2cc(-c3ccccc3)nn2)c1. The van der Waals surface area contributed by atoms with Crippen LogP contribution in [0.1, 0.15) is 0 Å². The van der Waals surface area contributed by atoms with Crippen molar-refractivity contribution in [1.82, 2.24) is 15.0 Å². The Morgan fingerprint density at radius 3 is 2.56 bits per heavy atom. The van der Waals surface area contributed by atoms with E-state index in [1.54, 1.807) is 22.9 Å². The number of phenolic OH excluding ortho intramolecular Hbond substituents is 1. The van der Waals surface area contributed by atoms with Gasteiger partial charge in [-0.25, -0.2) is 4.68 Å². The molecule has 0 radical (unpaired) electrons. The molecule has 0 aliphatic heterocycles. The van der Waals surface area contributed by atoms with Gasteiger partial charge in [0.25, 0.3) is 0 Å². The highest BCUT2D eigenvalue weighted by molar-refractivity contribution is 5.57. The summed E-state index contributed by atoms with van der Waals surface area (Å²) in [5.41, 5.74) is 2.60. The molecule has 1 aromatic heterocycles. The first-order chi connectivity index (χ1) is 8.83. The van der Waals surface area contributed by atoms with Crippen molar-refractivity contribution in [2.24, 2.45) is 0 Å². The van der Waals surface area contributed by atoms with E-state index in [-0.39, 0.29) is 5.75 Å². The van der Waals surface area contributed by atoms with Crippen LogP contribution in [-0.2, 0) is 0 Å². The number of rotatable bonds is 2. The third kappa shape index (κ3) is 1.96. The molecule has 0 saturated heterocycles. The molecule has 88 valence electrons. The van der Waals surface area contributed by atoms with Crippen LogP contribution in [-0.4, -0.2) is 20.1 Å². The number of hydrogen-bond donors (Lipinski definition) is 1. The van der Waals surface area contributed by atoms with Crippen molar-refractivity contribution in [3.05, 3.63) is 60.8 Å². The Kier molecular flexibility index (Phi) is 2.53. The van der Waals surface area contributed by atoms with Crippen LogP contribution >= 0.6 is 0 Å². The van der Waals surface area contributed by atoms with E-state index >= 15 is 0 Å². The predicted molar refractivity (Wildman–Crippen MR) is 68.5 cm³/mol. The van der Waals surface area contributed by atoms with Gasteiger partial charge in [-0.05, 0) is 12.1 Å². The van der Waals surface area contributed by atoms with Crippen molar-refractivity contribution in [2.45, 2.75) is 0 Å². The average molecular weight is 237 g/mol. The molecule has 0 saturated carbocycles. The van der Waals surface area contributed by atoms with E-state index < -0.39 is 0 Å². The van der Waals surface area contributed by atoms with Gasteiger partial charge in [0.05, 0.1) is 11.9 Å². The highest BCUT2D eigenvalue weighted by Gasteiger charge is 2.04. The van der Waals surface area contributed by atoms with Crippen molar-refractivity contribution >= 4 is 0 Å². The lowest BCUT2D eigenvalue weighted by Gasteiger charge is -1.99. The number of hydrogen-bond acceptors (Lipinski definition) is 3. The smallest absolute Gasteiger partial charge is 0.117 e. The van der Waals surface area contributed by atoms with Gasteiger partial charge in [-0.15, -0.1) is 5.10 Å². The molecule has 0 aliphatic rings. The Labute approximate surface area is 104 Å². The number of aromatic hydroxyl groups is 1. The normalized spacial score (nSPS) is 10.4. The maximum Gasteiger partial charge on any atom is 0.117 e. The summed E-state index contributed by atoms with van der Waals surface area (Å²) in [7, 11) is 0. The molecule has 18 heavy (non-hydrogen) atoms. The lowest BCUT2D eigenvalue weighted by Crippen LogP contribution is -1.93. The largest absolute Gasteiger partial charge is 0.508 e. The minimum absolute atomic E-state index is 0.212. The van der Waals surface area contributed by atoms with Crippen molar-refractivity contribution in [3.63, 3.8) is 0 Å². The molecule has 3 rings (SSSR count). The van der Waals surface area contributed by atoms with Gasteiger partial charge in [-0.2, -0.15) is 0 Å². The summed E-state index contributed by atoms with van der Waals surface area (Å²) in [5, 5.41) is 17.6. The molecular formula is C14H11N3O. The highest BCUT2D eigenvalue weighted by atomic mass is 16.3. The first-order valence-electron chi connectivity index (χ1n) is 5.60. The van der Waals surface area contributed by atoms with E-state index in [9.17, 15) is 5.11 Å². The van der Waals surface area contributed by atoms with Gasteiger partial charge in [-0.3, -0.25) is 0 Å². The Morgan fingerprint density at radius 2 is 1.78 bits per heavy atom. The van der Waals surface area contributed by atoms with Gasteiger partial charge in [0.1, 0.15) is 11.4 Å². The third-order valence-electron chi connectivity index (χ3n) is 2.66. The van der Waals surface area contributed by atoms with Crippen LogP contribution in [0.15, 0.2) is 60.8 Å². The van der Waals surface area contributed by atoms with Crippen LogP contribution < -0.4 is 0 Å². The summed E-state index contributed by atoms with van der Waals surface area (Å²) in [4.78, 5) is 0. The lowest BCUT2D eigenvalue weighted by molar-refractivity contribution is 0.474. The minimum atomic E-state index is 0.212. The maximum atomic E-state index is 9.44. The van der Waals surface area contributed by atoms with Gasteiger partial charge >= 0.3 is 0 Å². The zero-order valence-electron chi connectivity index (χ0n) is 9.56. The second kappa shape index (κ2) is 4.33. The molecule has 3 aromatic rings. The first kappa shape index (κ1) is 10.5. The van der Waals surface area contributed by atoms with Crippen molar-refractivity contribution in [2.75, 3.05) is 0 Å². The summed E-state index contributed by atoms with van der Waals surface area (Å²) in [5.74, 6) is 0.212. The molecule has 0 aliphatic carbocycles. The van der Waals surface area contributed by atoms with Crippen molar-refractivity contribution < 1.29 is 5.11 Å². The fraction of sp³-hybridized carbons (Fsp3) is 0. The Hall–Kier alpha value is -2.62. The van der Waals surface area contributed by atoms with E-state index in [1.165, 1.54) is 0 Å². The molecule has 0 unspecified atom stereocenters. The molecule has 1 heterocycles. The lowest BCUT2D eigenvalue weighted by atomic mass is 10.2. The van der Waals surface area contributed by atoms with Gasteiger partial charge in [0, 0.05) is 11.6 Å². The average Bonchev–Trinajstić information content (AvgIpc) is 2.89. The number of benzene rings is 2. The van der Waals surface area contributed by atoms with Crippen LogP contribution in [0.2, 0.25) is 0 Å². The fourth-order valence-electron chi connectivity index (χ4n) is 1.77. The summed E-state index contributed by atoms with van der Waals surface area (Å²) < 4.78 is 1.64. The zero-order chi connectivity index (χ0) is 12.4. The predicted octanol–water partition coefficient (Wildman–Crippen LogP) is 2.64. The Morgan fingerprint density at radius 1 is 0.944 bits per heavy atom. The minimum Gasteiger partial charge on any atom is -0.508 e. The molecule has 0 spiro atoms. The molecule has 0 bridgehead atoms. The van der Waals surface area contributed by atoms with Crippen LogP contribution in [0.4, 0.5) is 0 Å². The van der Waals surface area contributed by atoms with Crippen molar-refractivity contribution in [1.29, 1.82) is 0 Å². The van der Waals surface area contributed by atoms with E-state index in [2.05, 4.69) is 10.3 Å². The summed E-state index contributed by atoms with van der Waals surface area (Å²) >= 11 is 0. The van der Waals surface area contributed by atoms with Gasteiger partial charge in [0.15, 0.2) is 0 Å². The van der Waals surface area contributed by atoms with E-state index in [4.69, 9.17) is 0 Å². The number of nitrogens with zero attached hydrogens (tertiary/aromatic N) is 3.